The molecule has 2 nitrogen and oxygen atoms in total. The maximum atomic E-state index is 4.97. The smallest absolute Gasteiger partial charge is 0.0730 e. The van der Waals surface area contributed by atoms with E-state index >= 15 is 0 Å². The van der Waals surface area contributed by atoms with Crippen molar-refractivity contribution in [2.24, 2.45) is 0 Å². The first-order valence-corrected chi connectivity index (χ1v) is 3.23. The minimum atomic E-state index is 0.652. The summed E-state index contributed by atoms with van der Waals surface area (Å²) >= 11 is 0. The molecule has 0 amide bonds. The summed E-state index contributed by atoms with van der Waals surface area (Å²) in [6.07, 6.45) is 3.62. The Bertz CT molecular complexity index is 210. The molecule has 1 aromatic heterocycles. The van der Waals surface area contributed by atoms with Crippen molar-refractivity contribution >= 4 is 0 Å². The van der Waals surface area contributed by atoms with Gasteiger partial charge in [0.05, 0.1) is 6.61 Å². The molecule has 0 aromatic carbocycles. The fourth-order valence-electron chi connectivity index (χ4n) is 0.803. The fraction of sp³-hybridized carbons (Fsp3) is 0.375. The van der Waals surface area contributed by atoms with E-state index < -0.39 is 0 Å². The molecule has 0 bridgehead atoms. The normalized spacial score (nSPS) is 9.80. The number of hydrogen-bond acceptors (Lipinski definition) is 2. The van der Waals surface area contributed by atoms with Crippen molar-refractivity contribution in [1.29, 1.82) is 0 Å². The van der Waals surface area contributed by atoms with Crippen molar-refractivity contribution in [3.63, 3.8) is 0 Å². The highest BCUT2D eigenvalue weighted by Gasteiger charge is 1.93. The van der Waals surface area contributed by atoms with Gasteiger partial charge in [0.15, 0.2) is 0 Å². The van der Waals surface area contributed by atoms with Gasteiger partial charge in [0.25, 0.3) is 0 Å². The number of methoxy groups -OCH3 is 1. The Morgan fingerprint density at radius 2 is 2.40 bits per heavy atom. The molecule has 10 heavy (non-hydrogen) atoms. The van der Waals surface area contributed by atoms with Crippen LogP contribution in [-0.2, 0) is 11.3 Å². The van der Waals surface area contributed by atoms with E-state index in [1.54, 1.807) is 13.3 Å². The molecule has 54 valence electrons. The summed E-state index contributed by atoms with van der Waals surface area (Å²) in [6.45, 7) is 2.70. The molecular formula is C8H11NO. The molecule has 0 N–H and O–H groups in total. The Hall–Kier alpha value is -0.890. The van der Waals surface area contributed by atoms with Gasteiger partial charge in [-0.15, -0.1) is 0 Å². The fourth-order valence-corrected chi connectivity index (χ4v) is 0.803. The quantitative estimate of drug-likeness (QED) is 0.616. The second kappa shape index (κ2) is 3.32. The first kappa shape index (κ1) is 7.22. The van der Waals surface area contributed by atoms with E-state index in [1.165, 1.54) is 5.56 Å². The minimum Gasteiger partial charge on any atom is -0.380 e. The monoisotopic (exact) mass is 137 g/mol. The van der Waals surface area contributed by atoms with Gasteiger partial charge in [-0.05, 0) is 24.1 Å². The van der Waals surface area contributed by atoms with Crippen LogP contribution in [0.25, 0.3) is 0 Å². The second-order valence-corrected chi connectivity index (χ2v) is 2.24. The first-order chi connectivity index (χ1) is 4.84. The predicted molar refractivity (Wildman–Crippen MR) is 39.7 cm³/mol. The molecule has 0 aliphatic rings. The zero-order chi connectivity index (χ0) is 7.40. The van der Waals surface area contributed by atoms with Crippen molar-refractivity contribution in [3.8, 4) is 0 Å². The van der Waals surface area contributed by atoms with Crippen molar-refractivity contribution < 1.29 is 4.74 Å². The van der Waals surface area contributed by atoms with Crippen LogP contribution in [0.15, 0.2) is 18.5 Å². The van der Waals surface area contributed by atoms with Crippen LogP contribution >= 0.6 is 0 Å². The van der Waals surface area contributed by atoms with Gasteiger partial charge in [-0.1, -0.05) is 0 Å². The zero-order valence-corrected chi connectivity index (χ0v) is 6.29. The molecule has 0 atom stereocenters. The number of pyridine rings is 1. The summed E-state index contributed by atoms with van der Waals surface area (Å²) < 4.78 is 4.97. The molecule has 1 rings (SSSR count). The van der Waals surface area contributed by atoms with Crippen molar-refractivity contribution in [1.82, 2.24) is 4.98 Å². The van der Waals surface area contributed by atoms with E-state index in [2.05, 4.69) is 11.9 Å². The van der Waals surface area contributed by atoms with Gasteiger partial charge >= 0.3 is 0 Å². The maximum Gasteiger partial charge on any atom is 0.0730 e. The summed E-state index contributed by atoms with van der Waals surface area (Å²) in [7, 11) is 1.69. The SMILES string of the molecule is COCc1cnccc1C. The van der Waals surface area contributed by atoms with Crippen LogP contribution in [0.4, 0.5) is 0 Å². The van der Waals surface area contributed by atoms with Crippen LogP contribution in [0.3, 0.4) is 0 Å². The lowest BCUT2D eigenvalue weighted by Crippen LogP contribution is -1.91. The lowest BCUT2D eigenvalue weighted by molar-refractivity contribution is 0.184. The molecule has 0 fully saturated rings. The standard InChI is InChI=1S/C8H11NO/c1-7-3-4-9-5-8(7)6-10-2/h3-5H,6H2,1-2H3. The number of aryl methyl sites for hydroxylation is 1. The van der Waals surface area contributed by atoms with Crippen LogP contribution in [0.5, 0.6) is 0 Å². The van der Waals surface area contributed by atoms with Crippen LogP contribution in [0, 0.1) is 6.92 Å². The highest BCUT2D eigenvalue weighted by Crippen LogP contribution is 2.04. The van der Waals surface area contributed by atoms with E-state index in [9.17, 15) is 0 Å². The van der Waals surface area contributed by atoms with Crippen molar-refractivity contribution in [3.05, 3.63) is 29.6 Å². The highest BCUT2D eigenvalue weighted by atomic mass is 16.5. The molecule has 0 unspecified atom stereocenters. The van der Waals surface area contributed by atoms with E-state index in [-0.39, 0.29) is 0 Å². The van der Waals surface area contributed by atoms with Gasteiger partial charge in [0.1, 0.15) is 0 Å². The Balaban J connectivity index is 2.81. The number of rotatable bonds is 2. The topological polar surface area (TPSA) is 22.1 Å². The van der Waals surface area contributed by atoms with E-state index in [4.69, 9.17) is 4.74 Å². The summed E-state index contributed by atoms with van der Waals surface area (Å²) in [5.41, 5.74) is 2.39. The lowest BCUT2D eigenvalue weighted by Gasteiger charge is -2.00. The number of aromatic nitrogens is 1. The minimum absolute atomic E-state index is 0.652. The van der Waals surface area contributed by atoms with Crippen LogP contribution < -0.4 is 0 Å². The lowest BCUT2D eigenvalue weighted by atomic mass is 10.2. The Morgan fingerprint density at radius 1 is 1.60 bits per heavy atom. The summed E-state index contributed by atoms with van der Waals surface area (Å²) in [5, 5.41) is 0. The summed E-state index contributed by atoms with van der Waals surface area (Å²) in [6, 6.07) is 1.98. The molecule has 1 heterocycles. The third kappa shape index (κ3) is 1.54. The second-order valence-electron chi connectivity index (χ2n) is 2.24. The summed E-state index contributed by atoms with van der Waals surface area (Å²) in [5.74, 6) is 0. The first-order valence-electron chi connectivity index (χ1n) is 3.23. The molecule has 0 spiro atoms. The molecule has 0 saturated carbocycles. The van der Waals surface area contributed by atoms with Gasteiger partial charge in [-0.25, -0.2) is 0 Å². The van der Waals surface area contributed by atoms with Gasteiger partial charge in [0, 0.05) is 19.5 Å². The van der Waals surface area contributed by atoms with Crippen molar-refractivity contribution in [2.45, 2.75) is 13.5 Å². The average Bonchev–Trinajstić information content (AvgIpc) is 1.94. The van der Waals surface area contributed by atoms with Gasteiger partial charge in [-0.2, -0.15) is 0 Å². The molecule has 0 aliphatic heterocycles. The van der Waals surface area contributed by atoms with Gasteiger partial charge in [-0.3, -0.25) is 4.98 Å². The van der Waals surface area contributed by atoms with Gasteiger partial charge < -0.3 is 4.74 Å². The van der Waals surface area contributed by atoms with Gasteiger partial charge in [0.2, 0.25) is 0 Å². The van der Waals surface area contributed by atoms with Crippen LogP contribution in [0.2, 0.25) is 0 Å². The van der Waals surface area contributed by atoms with E-state index in [0.29, 0.717) is 6.61 Å². The Kier molecular flexibility index (Phi) is 2.40. The van der Waals surface area contributed by atoms with Crippen LogP contribution in [0.1, 0.15) is 11.1 Å². The highest BCUT2D eigenvalue weighted by molar-refractivity contribution is 5.20. The van der Waals surface area contributed by atoms with E-state index in [1.807, 2.05) is 12.3 Å². The Labute approximate surface area is 60.9 Å². The number of nitrogens with zero attached hydrogens (tertiary/aromatic N) is 1. The molecule has 2 heteroatoms. The number of ether oxygens (including phenoxy) is 1. The molecule has 0 aliphatic carbocycles. The molecule has 1 aromatic rings. The van der Waals surface area contributed by atoms with E-state index in [0.717, 1.165) is 5.56 Å². The third-order valence-corrected chi connectivity index (χ3v) is 1.45. The third-order valence-electron chi connectivity index (χ3n) is 1.45. The molecular weight excluding hydrogens is 126 g/mol. The van der Waals surface area contributed by atoms with Crippen LogP contribution in [-0.4, -0.2) is 12.1 Å². The Morgan fingerprint density at radius 3 is 3.00 bits per heavy atom. The molecule has 0 saturated heterocycles. The number of hydrogen-bond donors (Lipinski definition) is 0. The summed E-state index contributed by atoms with van der Waals surface area (Å²) in [4.78, 5) is 3.98. The zero-order valence-electron chi connectivity index (χ0n) is 6.29. The maximum absolute atomic E-state index is 4.97. The average molecular weight is 137 g/mol. The molecule has 0 radical (unpaired) electrons. The largest absolute Gasteiger partial charge is 0.380 e. The van der Waals surface area contributed by atoms with Crippen molar-refractivity contribution in [2.75, 3.05) is 7.11 Å². The predicted octanol–water partition coefficient (Wildman–Crippen LogP) is 1.54.